The van der Waals surface area contributed by atoms with Gasteiger partial charge in [-0.05, 0) is 18.9 Å². The van der Waals surface area contributed by atoms with Gasteiger partial charge in [-0.3, -0.25) is 5.41 Å². The van der Waals surface area contributed by atoms with Gasteiger partial charge in [-0.25, -0.2) is 4.79 Å². The first-order chi connectivity index (χ1) is 4.59. The molecule has 10 heavy (non-hydrogen) atoms. The van der Waals surface area contributed by atoms with Crippen LogP contribution in [0.4, 0.5) is 0 Å². The third kappa shape index (κ3) is 2.44. The SMILES string of the molecule is CC/C=C(\C)C(=N)C(=O)O. The van der Waals surface area contributed by atoms with E-state index in [9.17, 15) is 4.79 Å². The number of carboxylic acid groups (broad SMARTS) is 1. The predicted octanol–water partition coefficient (Wildman–Crippen LogP) is 1.45. The smallest absolute Gasteiger partial charge is 0.354 e. The Morgan fingerprint density at radius 3 is 2.50 bits per heavy atom. The van der Waals surface area contributed by atoms with Crippen molar-refractivity contribution in [3.05, 3.63) is 11.6 Å². The zero-order valence-electron chi connectivity index (χ0n) is 6.14. The molecule has 0 unspecified atom stereocenters. The van der Waals surface area contributed by atoms with Crippen LogP contribution < -0.4 is 0 Å². The molecule has 0 amide bonds. The Kier molecular flexibility index (Phi) is 3.39. The fourth-order valence-corrected chi connectivity index (χ4v) is 0.577. The quantitative estimate of drug-likeness (QED) is 0.584. The minimum atomic E-state index is -1.16. The van der Waals surface area contributed by atoms with E-state index in [4.69, 9.17) is 10.5 Å². The van der Waals surface area contributed by atoms with E-state index in [2.05, 4.69) is 0 Å². The average Bonchev–Trinajstić information content (AvgIpc) is 1.87. The monoisotopic (exact) mass is 141 g/mol. The molecule has 0 rings (SSSR count). The second kappa shape index (κ2) is 3.82. The lowest BCUT2D eigenvalue weighted by atomic mass is 10.1. The molecule has 0 aliphatic carbocycles. The van der Waals surface area contributed by atoms with Crippen molar-refractivity contribution in [2.75, 3.05) is 0 Å². The Hall–Kier alpha value is -1.12. The van der Waals surface area contributed by atoms with Crippen molar-refractivity contribution in [3.63, 3.8) is 0 Å². The van der Waals surface area contributed by atoms with Crippen molar-refractivity contribution < 1.29 is 9.90 Å². The molecular weight excluding hydrogens is 130 g/mol. The molecule has 0 aromatic carbocycles. The van der Waals surface area contributed by atoms with Gasteiger partial charge >= 0.3 is 5.97 Å². The summed E-state index contributed by atoms with van der Waals surface area (Å²) in [6.45, 7) is 3.53. The number of allylic oxidation sites excluding steroid dienone is 1. The van der Waals surface area contributed by atoms with Gasteiger partial charge in [0.15, 0.2) is 0 Å². The molecule has 0 saturated heterocycles. The van der Waals surface area contributed by atoms with Crippen LogP contribution >= 0.6 is 0 Å². The summed E-state index contributed by atoms with van der Waals surface area (Å²) in [5.74, 6) is -1.16. The number of carboxylic acids is 1. The lowest BCUT2D eigenvalue weighted by Crippen LogP contribution is -2.12. The highest BCUT2D eigenvalue weighted by Crippen LogP contribution is 1.96. The molecule has 0 saturated carbocycles. The average molecular weight is 141 g/mol. The van der Waals surface area contributed by atoms with Gasteiger partial charge in [0.25, 0.3) is 0 Å². The van der Waals surface area contributed by atoms with Crippen molar-refractivity contribution in [1.29, 1.82) is 5.41 Å². The first kappa shape index (κ1) is 8.88. The minimum absolute atomic E-state index is 0.318. The van der Waals surface area contributed by atoms with Gasteiger partial charge in [0.2, 0.25) is 0 Å². The molecule has 0 aromatic rings. The van der Waals surface area contributed by atoms with Gasteiger partial charge in [-0.2, -0.15) is 0 Å². The summed E-state index contributed by atoms with van der Waals surface area (Å²) < 4.78 is 0. The molecule has 56 valence electrons. The lowest BCUT2D eigenvalue weighted by Gasteiger charge is -1.95. The Labute approximate surface area is 59.9 Å². The second-order valence-electron chi connectivity index (χ2n) is 1.98. The Morgan fingerprint density at radius 1 is 1.70 bits per heavy atom. The summed E-state index contributed by atoms with van der Waals surface area (Å²) in [7, 11) is 0. The van der Waals surface area contributed by atoms with Crippen LogP contribution in [0.3, 0.4) is 0 Å². The molecular formula is C7H11NO2. The van der Waals surface area contributed by atoms with Crippen LogP contribution in [0.2, 0.25) is 0 Å². The first-order valence-corrected chi connectivity index (χ1v) is 3.08. The van der Waals surface area contributed by atoms with Crippen LogP contribution in [-0.4, -0.2) is 16.8 Å². The molecule has 0 atom stereocenters. The molecule has 3 nitrogen and oxygen atoms in total. The molecule has 0 aromatic heterocycles. The molecule has 0 heterocycles. The van der Waals surface area contributed by atoms with E-state index in [1.54, 1.807) is 13.0 Å². The topological polar surface area (TPSA) is 61.2 Å². The molecule has 3 heteroatoms. The van der Waals surface area contributed by atoms with Gasteiger partial charge in [0.05, 0.1) is 0 Å². The number of hydrogen-bond acceptors (Lipinski definition) is 2. The maximum absolute atomic E-state index is 10.2. The van der Waals surface area contributed by atoms with Gasteiger partial charge in [-0.1, -0.05) is 13.0 Å². The predicted molar refractivity (Wildman–Crippen MR) is 39.4 cm³/mol. The van der Waals surface area contributed by atoms with Crippen LogP contribution in [0.25, 0.3) is 0 Å². The van der Waals surface area contributed by atoms with E-state index in [0.29, 0.717) is 5.57 Å². The van der Waals surface area contributed by atoms with E-state index in [1.807, 2.05) is 6.92 Å². The summed E-state index contributed by atoms with van der Waals surface area (Å²) in [6.07, 6.45) is 2.48. The van der Waals surface area contributed by atoms with Gasteiger partial charge in [0.1, 0.15) is 5.71 Å². The zero-order chi connectivity index (χ0) is 8.15. The minimum Gasteiger partial charge on any atom is -0.477 e. The fraction of sp³-hybridized carbons (Fsp3) is 0.429. The Bertz CT molecular complexity index is 182. The molecule has 2 N–H and O–H groups in total. The van der Waals surface area contributed by atoms with Crippen LogP contribution in [-0.2, 0) is 4.79 Å². The summed E-state index contributed by atoms with van der Waals surface area (Å²) in [6, 6.07) is 0. The molecule has 0 aliphatic rings. The number of rotatable bonds is 3. The number of carbonyl (C=O) groups is 1. The highest BCUT2D eigenvalue weighted by Gasteiger charge is 2.06. The van der Waals surface area contributed by atoms with Gasteiger partial charge in [0, 0.05) is 0 Å². The standard InChI is InChI=1S/C7H11NO2/c1-3-4-5(2)6(8)7(9)10/h4,8H,3H2,1-2H3,(H,9,10)/b5-4+,8-6?. The van der Waals surface area contributed by atoms with E-state index in [-0.39, 0.29) is 5.71 Å². The first-order valence-electron chi connectivity index (χ1n) is 3.08. The second-order valence-corrected chi connectivity index (χ2v) is 1.98. The normalized spacial score (nSPS) is 11.2. The van der Waals surface area contributed by atoms with Crippen molar-refractivity contribution in [2.24, 2.45) is 0 Å². The lowest BCUT2D eigenvalue weighted by molar-refractivity contribution is -0.129. The largest absolute Gasteiger partial charge is 0.477 e. The maximum atomic E-state index is 10.2. The van der Waals surface area contributed by atoms with Crippen LogP contribution in [0.15, 0.2) is 11.6 Å². The van der Waals surface area contributed by atoms with E-state index in [0.717, 1.165) is 6.42 Å². The van der Waals surface area contributed by atoms with E-state index in [1.165, 1.54) is 0 Å². The summed E-state index contributed by atoms with van der Waals surface area (Å²) in [4.78, 5) is 10.2. The van der Waals surface area contributed by atoms with Gasteiger partial charge < -0.3 is 5.11 Å². The highest BCUT2D eigenvalue weighted by molar-refractivity contribution is 6.40. The van der Waals surface area contributed by atoms with Crippen molar-refractivity contribution in [3.8, 4) is 0 Å². The van der Waals surface area contributed by atoms with Gasteiger partial charge in [-0.15, -0.1) is 0 Å². The third-order valence-electron chi connectivity index (χ3n) is 1.12. The summed E-state index contributed by atoms with van der Waals surface area (Å²) in [5, 5.41) is 15.3. The molecule has 0 aliphatic heterocycles. The molecule has 0 radical (unpaired) electrons. The Balaban J connectivity index is 4.22. The summed E-state index contributed by atoms with van der Waals surface area (Å²) in [5.41, 5.74) is 0.205. The number of nitrogens with one attached hydrogen (secondary N) is 1. The molecule has 0 bridgehead atoms. The van der Waals surface area contributed by atoms with Crippen LogP contribution in [0.5, 0.6) is 0 Å². The van der Waals surface area contributed by atoms with Crippen molar-refractivity contribution >= 4 is 11.7 Å². The maximum Gasteiger partial charge on any atom is 0.354 e. The fourth-order valence-electron chi connectivity index (χ4n) is 0.577. The number of hydrogen-bond donors (Lipinski definition) is 2. The van der Waals surface area contributed by atoms with Crippen LogP contribution in [0, 0.1) is 5.41 Å². The van der Waals surface area contributed by atoms with Crippen molar-refractivity contribution in [1.82, 2.24) is 0 Å². The zero-order valence-corrected chi connectivity index (χ0v) is 6.14. The van der Waals surface area contributed by atoms with E-state index < -0.39 is 5.97 Å². The number of aliphatic carboxylic acids is 1. The van der Waals surface area contributed by atoms with E-state index >= 15 is 0 Å². The molecule has 0 fully saturated rings. The van der Waals surface area contributed by atoms with Crippen LogP contribution in [0.1, 0.15) is 20.3 Å². The highest BCUT2D eigenvalue weighted by atomic mass is 16.4. The third-order valence-corrected chi connectivity index (χ3v) is 1.12. The van der Waals surface area contributed by atoms with Crippen molar-refractivity contribution in [2.45, 2.75) is 20.3 Å². The molecule has 0 spiro atoms. The summed E-state index contributed by atoms with van der Waals surface area (Å²) >= 11 is 0. The Morgan fingerprint density at radius 2 is 2.20 bits per heavy atom.